The molecule has 0 aromatic carbocycles. The van der Waals surface area contributed by atoms with Crippen molar-refractivity contribution in [2.45, 2.75) is 58.8 Å². The van der Waals surface area contributed by atoms with Crippen LogP contribution in [0.15, 0.2) is 0 Å². The second-order valence-electron chi connectivity index (χ2n) is 5.48. The van der Waals surface area contributed by atoms with Gasteiger partial charge in [0.05, 0.1) is 0 Å². The first kappa shape index (κ1) is 8.59. The highest BCUT2D eigenvalue weighted by molar-refractivity contribution is 4.90. The Morgan fingerprint density at radius 3 is 2.75 bits per heavy atom. The van der Waals surface area contributed by atoms with Crippen molar-refractivity contribution in [3.63, 3.8) is 0 Å². The summed E-state index contributed by atoms with van der Waals surface area (Å²) >= 11 is 0. The maximum absolute atomic E-state index is 2.55. The zero-order valence-corrected chi connectivity index (χ0v) is 8.60. The van der Waals surface area contributed by atoms with E-state index in [9.17, 15) is 0 Å². The number of rotatable bonds is 0. The second kappa shape index (κ2) is 3.05. The van der Waals surface area contributed by atoms with Crippen molar-refractivity contribution in [2.24, 2.45) is 17.3 Å². The minimum Gasteiger partial charge on any atom is -0.0625 e. The molecule has 3 atom stereocenters. The molecular weight excluding hydrogens is 144 g/mol. The third kappa shape index (κ3) is 1.41. The van der Waals surface area contributed by atoms with Gasteiger partial charge in [0.1, 0.15) is 0 Å². The molecule has 0 aromatic heterocycles. The molecule has 0 aliphatic heterocycles. The van der Waals surface area contributed by atoms with Gasteiger partial charge in [0, 0.05) is 0 Å². The van der Waals surface area contributed by atoms with Gasteiger partial charge in [0.25, 0.3) is 0 Å². The predicted octanol–water partition coefficient (Wildman–Crippen LogP) is 4.00. The molecule has 70 valence electrons. The highest BCUT2D eigenvalue weighted by atomic mass is 14.4. The third-order valence-corrected chi connectivity index (χ3v) is 4.36. The molecule has 0 radical (unpaired) electrons. The molecule has 2 saturated carbocycles. The Bertz CT molecular complexity index is 161. The molecule has 0 spiro atoms. The molecule has 2 rings (SSSR count). The van der Waals surface area contributed by atoms with Crippen LogP contribution in [0.3, 0.4) is 0 Å². The van der Waals surface area contributed by atoms with E-state index in [4.69, 9.17) is 0 Å². The fourth-order valence-corrected chi connectivity index (χ4v) is 3.62. The van der Waals surface area contributed by atoms with Gasteiger partial charge < -0.3 is 0 Å². The van der Waals surface area contributed by atoms with Crippen LogP contribution in [0, 0.1) is 17.3 Å². The van der Waals surface area contributed by atoms with E-state index in [1.165, 1.54) is 44.9 Å². The lowest BCUT2D eigenvalue weighted by molar-refractivity contribution is 0.0389. The fourth-order valence-electron chi connectivity index (χ4n) is 3.62. The quantitative estimate of drug-likeness (QED) is 0.510. The molecule has 2 fully saturated rings. The van der Waals surface area contributed by atoms with Crippen LogP contribution in [0.2, 0.25) is 0 Å². The van der Waals surface area contributed by atoms with E-state index < -0.39 is 0 Å². The normalized spacial score (nSPS) is 48.5. The van der Waals surface area contributed by atoms with Gasteiger partial charge in [0.15, 0.2) is 0 Å². The summed E-state index contributed by atoms with van der Waals surface area (Å²) in [5.74, 6) is 2.09. The average molecular weight is 166 g/mol. The first-order chi connectivity index (χ1) is 5.71. The van der Waals surface area contributed by atoms with Crippen LogP contribution in [0.1, 0.15) is 58.8 Å². The van der Waals surface area contributed by atoms with Crippen LogP contribution >= 0.6 is 0 Å². The maximum atomic E-state index is 2.55. The number of hydrogen-bond donors (Lipinski definition) is 0. The third-order valence-electron chi connectivity index (χ3n) is 4.36. The Morgan fingerprint density at radius 1 is 1.08 bits per heavy atom. The van der Waals surface area contributed by atoms with Crippen LogP contribution in [0.5, 0.6) is 0 Å². The van der Waals surface area contributed by atoms with Gasteiger partial charge in [-0.1, -0.05) is 33.1 Å². The molecule has 0 N–H and O–H groups in total. The minimum atomic E-state index is 0.746. The summed E-state index contributed by atoms with van der Waals surface area (Å²) in [6, 6.07) is 0. The molecule has 0 bridgehead atoms. The summed E-state index contributed by atoms with van der Waals surface area (Å²) in [5, 5.41) is 0. The SMILES string of the molecule is CC1CCC2CCCCC2(C)C1. The number of hydrogen-bond acceptors (Lipinski definition) is 0. The van der Waals surface area contributed by atoms with Crippen molar-refractivity contribution in [1.29, 1.82) is 0 Å². The molecule has 0 saturated heterocycles. The van der Waals surface area contributed by atoms with Gasteiger partial charge >= 0.3 is 0 Å². The smallest absolute Gasteiger partial charge is 0.0295 e. The lowest BCUT2D eigenvalue weighted by atomic mass is 9.58. The molecule has 2 aliphatic rings. The van der Waals surface area contributed by atoms with Gasteiger partial charge in [-0.25, -0.2) is 0 Å². The maximum Gasteiger partial charge on any atom is -0.0295 e. The van der Waals surface area contributed by atoms with Crippen molar-refractivity contribution >= 4 is 0 Å². The summed E-state index contributed by atoms with van der Waals surface area (Å²) in [6.07, 6.45) is 10.6. The monoisotopic (exact) mass is 166 g/mol. The van der Waals surface area contributed by atoms with Gasteiger partial charge in [-0.3, -0.25) is 0 Å². The Morgan fingerprint density at radius 2 is 1.92 bits per heavy atom. The van der Waals surface area contributed by atoms with Crippen molar-refractivity contribution in [2.75, 3.05) is 0 Å². The molecule has 0 aromatic rings. The predicted molar refractivity (Wildman–Crippen MR) is 53.1 cm³/mol. The van der Waals surface area contributed by atoms with Crippen molar-refractivity contribution < 1.29 is 0 Å². The lowest BCUT2D eigenvalue weighted by Gasteiger charge is -2.47. The summed E-state index contributed by atoms with van der Waals surface area (Å²) in [5.41, 5.74) is 0.746. The van der Waals surface area contributed by atoms with Crippen LogP contribution < -0.4 is 0 Å². The van der Waals surface area contributed by atoms with Gasteiger partial charge in [-0.05, 0) is 42.9 Å². The van der Waals surface area contributed by atoms with Crippen LogP contribution in [0.25, 0.3) is 0 Å². The van der Waals surface area contributed by atoms with Crippen molar-refractivity contribution in [1.82, 2.24) is 0 Å². The van der Waals surface area contributed by atoms with Gasteiger partial charge in [-0.15, -0.1) is 0 Å². The molecular formula is C12H22. The molecule has 2 aliphatic carbocycles. The summed E-state index contributed by atoms with van der Waals surface area (Å²) in [4.78, 5) is 0. The zero-order chi connectivity index (χ0) is 8.60. The second-order valence-corrected chi connectivity index (χ2v) is 5.48. The molecule has 0 amide bonds. The molecule has 3 unspecified atom stereocenters. The molecule has 0 heterocycles. The molecule has 0 heteroatoms. The van der Waals surface area contributed by atoms with Crippen LogP contribution in [-0.4, -0.2) is 0 Å². The summed E-state index contributed by atoms with van der Waals surface area (Å²) in [7, 11) is 0. The van der Waals surface area contributed by atoms with Crippen molar-refractivity contribution in [3.05, 3.63) is 0 Å². The van der Waals surface area contributed by atoms with E-state index in [2.05, 4.69) is 13.8 Å². The van der Waals surface area contributed by atoms with Crippen LogP contribution in [-0.2, 0) is 0 Å². The first-order valence-corrected chi connectivity index (χ1v) is 5.71. The van der Waals surface area contributed by atoms with E-state index in [1.807, 2.05) is 0 Å². The van der Waals surface area contributed by atoms with E-state index >= 15 is 0 Å². The average Bonchev–Trinajstić information content (AvgIpc) is 2.02. The van der Waals surface area contributed by atoms with Crippen molar-refractivity contribution in [3.8, 4) is 0 Å². The molecule has 12 heavy (non-hydrogen) atoms. The molecule has 0 nitrogen and oxygen atoms in total. The highest BCUT2D eigenvalue weighted by Gasteiger charge is 2.39. The largest absolute Gasteiger partial charge is 0.0625 e. The first-order valence-electron chi connectivity index (χ1n) is 5.71. The summed E-state index contributed by atoms with van der Waals surface area (Å²) in [6.45, 7) is 4.99. The number of fused-ring (bicyclic) bond motifs is 1. The summed E-state index contributed by atoms with van der Waals surface area (Å²) < 4.78 is 0. The van der Waals surface area contributed by atoms with E-state index in [0.29, 0.717) is 0 Å². The van der Waals surface area contributed by atoms with Gasteiger partial charge in [0.2, 0.25) is 0 Å². The standard InChI is InChI=1S/C12H22/c1-10-6-7-11-5-3-4-8-12(11,2)9-10/h10-11H,3-9H2,1-2H3. The van der Waals surface area contributed by atoms with E-state index in [1.54, 1.807) is 0 Å². The fraction of sp³-hybridized carbons (Fsp3) is 1.00. The Kier molecular flexibility index (Phi) is 2.18. The van der Waals surface area contributed by atoms with Gasteiger partial charge in [-0.2, -0.15) is 0 Å². The zero-order valence-electron chi connectivity index (χ0n) is 8.60. The van der Waals surface area contributed by atoms with Crippen LogP contribution in [0.4, 0.5) is 0 Å². The Balaban J connectivity index is 2.07. The minimum absolute atomic E-state index is 0.746. The Labute approximate surface area is 76.7 Å². The lowest BCUT2D eigenvalue weighted by Crippen LogP contribution is -2.36. The Hall–Kier alpha value is 0. The highest BCUT2D eigenvalue weighted by Crippen LogP contribution is 2.51. The van der Waals surface area contributed by atoms with E-state index in [0.717, 1.165) is 17.3 Å². The topological polar surface area (TPSA) is 0 Å². The van der Waals surface area contributed by atoms with E-state index in [-0.39, 0.29) is 0 Å².